The normalized spacial score (nSPS) is 16.6. The maximum Gasteiger partial charge on any atom is 0.343 e. The third kappa shape index (κ3) is 4.59. The predicted molar refractivity (Wildman–Crippen MR) is 86.2 cm³/mol. The van der Waals surface area contributed by atoms with Gasteiger partial charge < -0.3 is 9.47 Å². The van der Waals surface area contributed by atoms with E-state index in [1.165, 1.54) is 29.6 Å². The largest absolute Gasteiger partial charge is 0.480 e. The van der Waals surface area contributed by atoms with Crippen molar-refractivity contribution in [2.45, 2.75) is 30.6 Å². The smallest absolute Gasteiger partial charge is 0.343 e. The van der Waals surface area contributed by atoms with Gasteiger partial charge in [0.25, 0.3) is 0 Å². The van der Waals surface area contributed by atoms with Crippen molar-refractivity contribution in [3.63, 3.8) is 0 Å². The van der Waals surface area contributed by atoms with Gasteiger partial charge in [0.05, 0.1) is 17.0 Å². The van der Waals surface area contributed by atoms with Crippen molar-refractivity contribution in [3.05, 3.63) is 23.2 Å². The molecule has 1 heterocycles. The second kappa shape index (κ2) is 7.99. The zero-order valence-electron chi connectivity index (χ0n) is 13.0. The molecule has 0 N–H and O–H groups in total. The minimum Gasteiger partial charge on any atom is -0.480 e. The number of methoxy groups -OCH3 is 1. The van der Waals surface area contributed by atoms with Gasteiger partial charge in [-0.2, -0.15) is 4.31 Å². The summed E-state index contributed by atoms with van der Waals surface area (Å²) < 4.78 is 36.5. The van der Waals surface area contributed by atoms with E-state index in [0.29, 0.717) is 13.1 Å². The fraction of sp³-hybridized carbons (Fsp3) is 0.533. The first-order valence-corrected chi connectivity index (χ1v) is 9.26. The molecule has 8 heteroatoms. The number of benzene rings is 1. The summed E-state index contributed by atoms with van der Waals surface area (Å²) in [4.78, 5) is 11.2. The Morgan fingerprint density at radius 3 is 2.43 bits per heavy atom. The summed E-state index contributed by atoms with van der Waals surface area (Å²) in [6, 6.07) is 4.25. The molecule has 0 aliphatic carbocycles. The monoisotopic (exact) mass is 361 g/mol. The lowest BCUT2D eigenvalue weighted by Gasteiger charge is -2.20. The standard InChI is InChI=1S/C15H20ClNO5S/c1-21-15(18)11-22-14-7-6-12(10-13(14)16)23(19,20)17-8-4-2-3-5-9-17/h6-7,10H,2-5,8-9,11H2,1H3. The van der Waals surface area contributed by atoms with Gasteiger partial charge >= 0.3 is 5.97 Å². The van der Waals surface area contributed by atoms with Gasteiger partial charge in [-0.3, -0.25) is 0 Å². The van der Waals surface area contributed by atoms with Crippen LogP contribution in [-0.2, 0) is 19.6 Å². The van der Waals surface area contributed by atoms with Crippen molar-refractivity contribution in [1.82, 2.24) is 4.31 Å². The Morgan fingerprint density at radius 1 is 1.22 bits per heavy atom. The van der Waals surface area contributed by atoms with E-state index in [2.05, 4.69) is 4.74 Å². The molecule has 2 rings (SSSR count). The topological polar surface area (TPSA) is 72.9 Å². The average molecular weight is 362 g/mol. The van der Waals surface area contributed by atoms with Crippen molar-refractivity contribution in [2.24, 2.45) is 0 Å². The molecule has 0 saturated carbocycles. The summed E-state index contributed by atoms with van der Waals surface area (Å²) in [5.41, 5.74) is 0. The lowest BCUT2D eigenvalue weighted by Crippen LogP contribution is -2.31. The highest BCUT2D eigenvalue weighted by molar-refractivity contribution is 7.89. The molecule has 23 heavy (non-hydrogen) atoms. The Kier molecular flexibility index (Phi) is 6.26. The quantitative estimate of drug-likeness (QED) is 0.753. The number of sulfonamides is 1. The molecule has 1 fully saturated rings. The fourth-order valence-corrected chi connectivity index (χ4v) is 4.23. The number of carbonyl (C=O) groups excluding carboxylic acids is 1. The summed E-state index contributed by atoms with van der Waals surface area (Å²) in [5.74, 6) is -0.297. The van der Waals surface area contributed by atoms with Crippen LogP contribution in [0.3, 0.4) is 0 Å². The minimum absolute atomic E-state index is 0.134. The molecule has 0 radical (unpaired) electrons. The molecule has 1 saturated heterocycles. The zero-order chi connectivity index (χ0) is 16.9. The number of carbonyl (C=O) groups is 1. The molecule has 1 aliphatic heterocycles. The fourth-order valence-electron chi connectivity index (χ4n) is 2.39. The number of halogens is 1. The lowest BCUT2D eigenvalue weighted by atomic mass is 10.2. The van der Waals surface area contributed by atoms with Gasteiger partial charge in [-0.15, -0.1) is 0 Å². The molecule has 0 atom stereocenters. The maximum atomic E-state index is 12.7. The number of esters is 1. The first-order valence-electron chi connectivity index (χ1n) is 7.44. The molecule has 0 spiro atoms. The molecule has 1 aliphatic rings. The van der Waals surface area contributed by atoms with Crippen molar-refractivity contribution in [1.29, 1.82) is 0 Å². The number of hydrogen-bond donors (Lipinski definition) is 0. The number of nitrogens with zero attached hydrogens (tertiary/aromatic N) is 1. The summed E-state index contributed by atoms with van der Waals surface area (Å²) in [7, 11) is -2.30. The summed E-state index contributed by atoms with van der Waals surface area (Å²) in [6.45, 7) is 0.773. The van der Waals surface area contributed by atoms with Crippen LogP contribution in [-0.4, -0.2) is 45.5 Å². The van der Waals surface area contributed by atoms with Crippen LogP contribution in [0.2, 0.25) is 5.02 Å². The van der Waals surface area contributed by atoms with E-state index in [-0.39, 0.29) is 22.3 Å². The Morgan fingerprint density at radius 2 is 1.87 bits per heavy atom. The summed E-state index contributed by atoms with van der Waals surface area (Å²) in [6.07, 6.45) is 3.83. The minimum atomic E-state index is -3.56. The first-order chi connectivity index (χ1) is 10.9. The van der Waals surface area contributed by atoms with Gasteiger partial charge in [-0.05, 0) is 31.0 Å². The predicted octanol–water partition coefficient (Wildman–Crippen LogP) is 2.46. The Hall–Kier alpha value is -1.31. The van der Waals surface area contributed by atoms with E-state index in [4.69, 9.17) is 16.3 Å². The van der Waals surface area contributed by atoms with Crippen LogP contribution in [0, 0.1) is 0 Å². The van der Waals surface area contributed by atoms with Gasteiger partial charge in [0.2, 0.25) is 10.0 Å². The molecule has 0 unspecified atom stereocenters. The van der Waals surface area contributed by atoms with Crippen molar-refractivity contribution >= 4 is 27.6 Å². The molecule has 0 bridgehead atoms. The highest BCUT2D eigenvalue weighted by atomic mass is 35.5. The molecule has 0 aromatic heterocycles. The number of hydrogen-bond acceptors (Lipinski definition) is 5. The van der Waals surface area contributed by atoms with Crippen LogP contribution in [0.15, 0.2) is 23.1 Å². The highest BCUT2D eigenvalue weighted by Gasteiger charge is 2.25. The molecule has 1 aromatic rings. The molecule has 6 nitrogen and oxygen atoms in total. The number of rotatable bonds is 5. The van der Waals surface area contributed by atoms with Crippen LogP contribution in [0.25, 0.3) is 0 Å². The third-order valence-electron chi connectivity index (χ3n) is 3.68. The third-order valence-corrected chi connectivity index (χ3v) is 5.87. The van der Waals surface area contributed by atoms with E-state index in [9.17, 15) is 13.2 Å². The Bertz CT molecular complexity index is 654. The summed E-state index contributed by atoms with van der Waals surface area (Å²) >= 11 is 6.07. The lowest BCUT2D eigenvalue weighted by molar-refractivity contribution is -0.142. The first kappa shape index (κ1) is 18.0. The van der Waals surface area contributed by atoms with E-state index in [1.807, 2.05) is 0 Å². The number of ether oxygens (including phenoxy) is 2. The van der Waals surface area contributed by atoms with Gasteiger partial charge in [0.1, 0.15) is 5.75 Å². The van der Waals surface area contributed by atoms with Crippen molar-refractivity contribution in [2.75, 3.05) is 26.8 Å². The molecular formula is C15H20ClNO5S. The molecule has 1 aromatic carbocycles. The SMILES string of the molecule is COC(=O)COc1ccc(S(=O)(=O)N2CCCCCC2)cc1Cl. The van der Waals surface area contributed by atoms with Crippen LogP contribution in [0.5, 0.6) is 5.75 Å². The van der Waals surface area contributed by atoms with E-state index >= 15 is 0 Å². The molecular weight excluding hydrogens is 342 g/mol. The average Bonchev–Trinajstić information content (AvgIpc) is 2.83. The van der Waals surface area contributed by atoms with Crippen molar-refractivity contribution in [3.8, 4) is 5.75 Å². The van der Waals surface area contributed by atoms with E-state index in [0.717, 1.165) is 25.7 Å². The van der Waals surface area contributed by atoms with E-state index in [1.54, 1.807) is 0 Å². The molecule has 0 amide bonds. The van der Waals surface area contributed by atoms with Crippen LogP contribution < -0.4 is 4.74 Å². The summed E-state index contributed by atoms with van der Waals surface area (Å²) in [5, 5.41) is 0.143. The van der Waals surface area contributed by atoms with E-state index < -0.39 is 16.0 Å². The Balaban J connectivity index is 2.16. The van der Waals surface area contributed by atoms with Crippen molar-refractivity contribution < 1.29 is 22.7 Å². The van der Waals surface area contributed by atoms with Crippen LogP contribution in [0.1, 0.15) is 25.7 Å². The Labute approximate surface area is 141 Å². The van der Waals surface area contributed by atoms with Gasteiger partial charge in [-0.1, -0.05) is 24.4 Å². The van der Waals surface area contributed by atoms with Crippen LogP contribution in [0.4, 0.5) is 0 Å². The second-order valence-electron chi connectivity index (χ2n) is 5.28. The van der Waals surface area contributed by atoms with Gasteiger partial charge in [0.15, 0.2) is 6.61 Å². The second-order valence-corrected chi connectivity index (χ2v) is 7.62. The highest BCUT2D eigenvalue weighted by Crippen LogP contribution is 2.29. The maximum absolute atomic E-state index is 12.7. The molecule has 128 valence electrons. The van der Waals surface area contributed by atoms with Gasteiger partial charge in [-0.25, -0.2) is 13.2 Å². The zero-order valence-corrected chi connectivity index (χ0v) is 14.5. The van der Waals surface area contributed by atoms with Gasteiger partial charge in [0, 0.05) is 13.1 Å². The van der Waals surface area contributed by atoms with Crippen LogP contribution >= 0.6 is 11.6 Å².